The number of hydrogen-bond acceptors (Lipinski definition) is 3. The highest BCUT2D eigenvalue weighted by atomic mass is 35.5. The number of allylic oxidation sites excluding steroid dienone is 2. The first-order chi connectivity index (χ1) is 13.1. The Balaban J connectivity index is 2.05. The Morgan fingerprint density at radius 2 is 1.89 bits per heavy atom. The molecule has 0 bridgehead atoms. The summed E-state index contributed by atoms with van der Waals surface area (Å²) in [5.41, 5.74) is 1.69. The van der Waals surface area contributed by atoms with E-state index in [0.717, 1.165) is 24.0 Å². The molecule has 1 aliphatic rings. The second-order valence-corrected chi connectivity index (χ2v) is 9.50. The third kappa shape index (κ3) is 6.07. The van der Waals surface area contributed by atoms with Gasteiger partial charge < -0.3 is 15.3 Å². The third-order valence-electron chi connectivity index (χ3n) is 5.60. The molecule has 0 amide bonds. The van der Waals surface area contributed by atoms with Crippen molar-refractivity contribution in [3.63, 3.8) is 0 Å². The highest BCUT2D eigenvalue weighted by molar-refractivity contribution is 6.21. The Labute approximate surface area is 173 Å². The molecule has 0 radical (unpaired) electrons. The lowest BCUT2D eigenvalue weighted by Gasteiger charge is -2.27. The standard InChI is InChI=1S/C23H33ClO4/c1-23(2,3)22(28)16-12-10-15(11-13-16)21-17(18(24)14-19(21)25)8-6-4-5-7-9-20(26)27/h4,6,10-13,17-19,21-22,25,28H,5,7-9,14H2,1-3H3,(H,26,27)/b6-4+. The van der Waals surface area contributed by atoms with Crippen LogP contribution in [0.2, 0.25) is 0 Å². The summed E-state index contributed by atoms with van der Waals surface area (Å²) in [5.74, 6) is -0.675. The third-order valence-corrected chi connectivity index (χ3v) is 6.10. The van der Waals surface area contributed by atoms with Crippen LogP contribution < -0.4 is 0 Å². The van der Waals surface area contributed by atoms with E-state index in [2.05, 4.69) is 6.08 Å². The minimum atomic E-state index is -0.770. The van der Waals surface area contributed by atoms with Crippen molar-refractivity contribution >= 4 is 17.6 Å². The van der Waals surface area contributed by atoms with Gasteiger partial charge in [-0.1, -0.05) is 57.2 Å². The highest BCUT2D eigenvalue weighted by Gasteiger charge is 2.41. The van der Waals surface area contributed by atoms with Gasteiger partial charge in [-0.3, -0.25) is 4.79 Å². The fourth-order valence-corrected chi connectivity index (χ4v) is 4.41. The molecular weight excluding hydrogens is 376 g/mol. The van der Waals surface area contributed by atoms with E-state index < -0.39 is 18.2 Å². The molecule has 1 fully saturated rings. The second kappa shape index (κ2) is 9.91. The Kier molecular flexibility index (Phi) is 8.11. The lowest BCUT2D eigenvalue weighted by atomic mass is 9.82. The second-order valence-electron chi connectivity index (χ2n) is 8.94. The molecule has 156 valence electrons. The minimum absolute atomic E-state index is 0.0352. The van der Waals surface area contributed by atoms with Crippen LogP contribution >= 0.6 is 11.6 Å². The molecule has 0 saturated heterocycles. The van der Waals surface area contributed by atoms with Crippen LogP contribution in [0.4, 0.5) is 0 Å². The van der Waals surface area contributed by atoms with Crippen molar-refractivity contribution in [1.29, 1.82) is 0 Å². The normalized spacial score (nSPS) is 26.6. The van der Waals surface area contributed by atoms with Crippen LogP contribution in [-0.4, -0.2) is 32.8 Å². The van der Waals surface area contributed by atoms with Crippen LogP contribution in [0.25, 0.3) is 0 Å². The van der Waals surface area contributed by atoms with E-state index in [1.807, 2.05) is 51.1 Å². The largest absolute Gasteiger partial charge is 0.481 e. The zero-order chi connectivity index (χ0) is 20.9. The quantitative estimate of drug-likeness (QED) is 0.320. The van der Waals surface area contributed by atoms with Crippen molar-refractivity contribution in [2.75, 3.05) is 0 Å². The number of carbonyl (C=O) groups is 1. The van der Waals surface area contributed by atoms with Crippen LogP contribution in [0.15, 0.2) is 36.4 Å². The number of aliphatic hydroxyl groups excluding tert-OH is 2. The van der Waals surface area contributed by atoms with Gasteiger partial charge in [0.15, 0.2) is 0 Å². The van der Waals surface area contributed by atoms with Gasteiger partial charge in [0, 0.05) is 17.7 Å². The van der Waals surface area contributed by atoms with Crippen LogP contribution in [0.5, 0.6) is 0 Å². The summed E-state index contributed by atoms with van der Waals surface area (Å²) in [6.07, 6.45) is 5.92. The molecule has 4 nitrogen and oxygen atoms in total. The fourth-order valence-electron chi connectivity index (χ4n) is 3.97. The lowest BCUT2D eigenvalue weighted by molar-refractivity contribution is -0.137. The average Bonchev–Trinajstić information content (AvgIpc) is 2.90. The summed E-state index contributed by atoms with van der Waals surface area (Å²) < 4.78 is 0. The Hall–Kier alpha value is -1.36. The van der Waals surface area contributed by atoms with Crippen molar-refractivity contribution < 1.29 is 20.1 Å². The van der Waals surface area contributed by atoms with Crippen molar-refractivity contribution in [2.45, 2.75) is 76.4 Å². The molecule has 1 aromatic rings. The summed E-state index contributed by atoms with van der Waals surface area (Å²) in [6.45, 7) is 6.01. The van der Waals surface area contributed by atoms with E-state index in [1.165, 1.54) is 0 Å². The number of carboxylic acid groups (broad SMARTS) is 1. The number of halogens is 1. The summed E-state index contributed by atoms with van der Waals surface area (Å²) in [5, 5.41) is 29.6. The maximum absolute atomic E-state index is 10.6. The predicted molar refractivity (Wildman–Crippen MR) is 113 cm³/mol. The van der Waals surface area contributed by atoms with E-state index in [-0.39, 0.29) is 29.0 Å². The summed E-state index contributed by atoms with van der Waals surface area (Å²) in [6, 6.07) is 7.88. The number of hydrogen-bond donors (Lipinski definition) is 3. The van der Waals surface area contributed by atoms with Crippen LogP contribution in [0.1, 0.15) is 76.0 Å². The van der Waals surface area contributed by atoms with Crippen LogP contribution in [0, 0.1) is 11.3 Å². The van der Waals surface area contributed by atoms with Gasteiger partial charge in [-0.15, -0.1) is 11.6 Å². The molecule has 1 saturated carbocycles. The zero-order valence-electron chi connectivity index (χ0n) is 17.0. The molecule has 28 heavy (non-hydrogen) atoms. The fraction of sp³-hybridized carbons (Fsp3) is 0.609. The Bertz CT molecular complexity index is 662. The molecule has 0 aromatic heterocycles. The molecule has 5 unspecified atom stereocenters. The van der Waals surface area contributed by atoms with E-state index in [9.17, 15) is 15.0 Å². The first-order valence-electron chi connectivity index (χ1n) is 10.1. The molecule has 0 heterocycles. The van der Waals surface area contributed by atoms with Gasteiger partial charge in [0.1, 0.15) is 0 Å². The molecule has 1 aromatic carbocycles. The van der Waals surface area contributed by atoms with Gasteiger partial charge in [0.25, 0.3) is 0 Å². The molecule has 5 atom stereocenters. The predicted octanol–water partition coefficient (Wildman–Crippen LogP) is 5.04. The zero-order valence-corrected chi connectivity index (χ0v) is 17.8. The SMILES string of the molecule is CC(C)(C)C(O)c1ccc(C2C(O)CC(Cl)C2C/C=C/CCCC(=O)O)cc1. The lowest BCUT2D eigenvalue weighted by Crippen LogP contribution is -2.20. The van der Waals surface area contributed by atoms with Gasteiger partial charge in [-0.05, 0) is 48.1 Å². The van der Waals surface area contributed by atoms with E-state index in [1.54, 1.807) is 0 Å². The maximum atomic E-state index is 10.6. The maximum Gasteiger partial charge on any atom is 0.303 e. The molecule has 2 rings (SSSR count). The molecule has 0 aliphatic heterocycles. The van der Waals surface area contributed by atoms with Crippen molar-refractivity contribution in [3.05, 3.63) is 47.5 Å². The summed E-state index contributed by atoms with van der Waals surface area (Å²) in [7, 11) is 0. The van der Waals surface area contributed by atoms with Crippen molar-refractivity contribution in [2.24, 2.45) is 11.3 Å². The number of carboxylic acids is 1. The number of rotatable bonds is 8. The van der Waals surface area contributed by atoms with Gasteiger partial charge >= 0.3 is 5.97 Å². The number of benzene rings is 1. The Morgan fingerprint density at radius 1 is 1.25 bits per heavy atom. The first-order valence-corrected chi connectivity index (χ1v) is 10.5. The van der Waals surface area contributed by atoms with Crippen molar-refractivity contribution in [1.82, 2.24) is 0 Å². The van der Waals surface area contributed by atoms with Crippen LogP contribution in [0.3, 0.4) is 0 Å². The number of alkyl halides is 1. The van der Waals surface area contributed by atoms with E-state index in [4.69, 9.17) is 16.7 Å². The highest BCUT2D eigenvalue weighted by Crippen LogP contribution is 2.45. The monoisotopic (exact) mass is 408 g/mol. The van der Waals surface area contributed by atoms with Crippen LogP contribution in [-0.2, 0) is 4.79 Å². The Morgan fingerprint density at radius 3 is 2.46 bits per heavy atom. The average molecular weight is 409 g/mol. The van der Waals surface area contributed by atoms with Gasteiger partial charge in [0.2, 0.25) is 0 Å². The molecular formula is C23H33ClO4. The number of aliphatic carboxylic acids is 1. The number of unbranched alkanes of at least 4 members (excludes halogenated alkanes) is 1. The number of aliphatic hydroxyl groups is 2. The molecule has 1 aliphatic carbocycles. The van der Waals surface area contributed by atoms with Gasteiger partial charge in [-0.25, -0.2) is 0 Å². The summed E-state index contributed by atoms with van der Waals surface area (Å²) >= 11 is 6.53. The smallest absolute Gasteiger partial charge is 0.303 e. The molecule has 0 spiro atoms. The molecule has 3 N–H and O–H groups in total. The van der Waals surface area contributed by atoms with E-state index in [0.29, 0.717) is 12.8 Å². The van der Waals surface area contributed by atoms with Gasteiger partial charge in [-0.2, -0.15) is 0 Å². The summed E-state index contributed by atoms with van der Waals surface area (Å²) in [4.78, 5) is 10.6. The topological polar surface area (TPSA) is 77.8 Å². The van der Waals surface area contributed by atoms with Crippen molar-refractivity contribution in [3.8, 4) is 0 Å². The first kappa shape index (κ1) is 22.9. The van der Waals surface area contributed by atoms with Gasteiger partial charge in [0.05, 0.1) is 12.2 Å². The minimum Gasteiger partial charge on any atom is -0.481 e. The van der Waals surface area contributed by atoms with E-state index >= 15 is 0 Å². The molecule has 5 heteroatoms.